The number of carbonyl (C=O) groups is 2. The number of anilines is 1. The molecule has 0 bridgehead atoms. The quantitative estimate of drug-likeness (QED) is 0.745. The number of benzene rings is 2. The highest BCUT2D eigenvalue weighted by Gasteiger charge is 2.17. The Balaban J connectivity index is 2.00. The molecule has 0 radical (unpaired) electrons. The molecule has 0 saturated heterocycles. The van der Waals surface area contributed by atoms with Crippen LogP contribution in [0.4, 0.5) is 5.69 Å². The van der Waals surface area contributed by atoms with E-state index >= 15 is 0 Å². The molecule has 2 amide bonds. The van der Waals surface area contributed by atoms with Gasteiger partial charge in [0.2, 0.25) is 5.91 Å². The fourth-order valence-electron chi connectivity index (χ4n) is 2.71. The first kappa shape index (κ1) is 17.3. The number of hydrogen-bond acceptors (Lipinski definition) is 4. The van der Waals surface area contributed by atoms with Crippen molar-refractivity contribution in [1.82, 2.24) is 15.1 Å². The maximum atomic E-state index is 12.8. The maximum Gasteiger partial charge on any atom is 0.276 e. The second kappa shape index (κ2) is 7.18. The summed E-state index contributed by atoms with van der Waals surface area (Å²) in [5.41, 5.74) is 1.10. The number of rotatable bonds is 4. The second-order valence-electron chi connectivity index (χ2n) is 5.78. The highest BCUT2D eigenvalue weighted by atomic mass is 16.2. The molecule has 26 heavy (non-hydrogen) atoms. The summed E-state index contributed by atoms with van der Waals surface area (Å²) in [5, 5.41) is 10.4. The molecule has 0 aliphatic heterocycles. The molecule has 0 aliphatic carbocycles. The van der Waals surface area contributed by atoms with Gasteiger partial charge in [0.05, 0.1) is 11.8 Å². The smallest absolute Gasteiger partial charge is 0.276 e. The van der Waals surface area contributed by atoms with Crippen LogP contribution in [0.3, 0.4) is 0 Å². The average Bonchev–Trinajstić information content (AvgIpc) is 2.66. The molecule has 2 N–H and O–H groups in total. The Kier molecular flexibility index (Phi) is 4.79. The summed E-state index contributed by atoms with van der Waals surface area (Å²) in [5.74, 6) is -0.599. The molecule has 7 nitrogen and oxygen atoms in total. The lowest BCUT2D eigenvalue weighted by atomic mass is 10.1. The van der Waals surface area contributed by atoms with Crippen LogP contribution < -0.4 is 16.2 Å². The Labute approximate surface area is 149 Å². The van der Waals surface area contributed by atoms with Crippen LogP contribution in [0.1, 0.15) is 16.1 Å². The lowest BCUT2D eigenvalue weighted by molar-refractivity contribution is -0.119. The number of aromatic nitrogens is 2. The largest absolute Gasteiger partial charge is 0.359 e. The first-order valence-corrected chi connectivity index (χ1v) is 8.07. The van der Waals surface area contributed by atoms with E-state index in [-0.39, 0.29) is 23.6 Å². The van der Waals surface area contributed by atoms with Gasteiger partial charge in [-0.1, -0.05) is 36.4 Å². The summed E-state index contributed by atoms with van der Waals surface area (Å²) in [6.45, 7) is 0. The van der Waals surface area contributed by atoms with Gasteiger partial charge in [-0.15, -0.1) is 0 Å². The van der Waals surface area contributed by atoms with Crippen LogP contribution in [0, 0.1) is 0 Å². The van der Waals surface area contributed by atoms with Crippen molar-refractivity contribution in [2.24, 2.45) is 7.05 Å². The van der Waals surface area contributed by atoms with Gasteiger partial charge in [0.25, 0.3) is 11.5 Å². The number of para-hydroxylation sites is 1. The zero-order valence-electron chi connectivity index (χ0n) is 14.4. The van der Waals surface area contributed by atoms with E-state index in [2.05, 4.69) is 15.7 Å². The number of aryl methyl sites for hydroxylation is 1. The fourth-order valence-corrected chi connectivity index (χ4v) is 2.71. The molecule has 3 rings (SSSR count). The van der Waals surface area contributed by atoms with Crippen LogP contribution in [0.2, 0.25) is 0 Å². The summed E-state index contributed by atoms with van der Waals surface area (Å²) in [6, 6.07) is 13.9. The predicted molar refractivity (Wildman–Crippen MR) is 99.1 cm³/mol. The molecule has 0 aliphatic rings. The van der Waals surface area contributed by atoms with Crippen LogP contribution in [-0.4, -0.2) is 28.6 Å². The number of nitrogens with zero attached hydrogens (tertiary/aromatic N) is 2. The molecule has 1 heterocycles. The molecule has 0 spiro atoms. The minimum absolute atomic E-state index is 0.147. The van der Waals surface area contributed by atoms with Gasteiger partial charge in [0.1, 0.15) is 0 Å². The van der Waals surface area contributed by atoms with E-state index in [0.29, 0.717) is 22.0 Å². The highest BCUT2D eigenvalue weighted by molar-refractivity contribution is 6.11. The third-order valence-corrected chi connectivity index (χ3v) is 4.07. The summed E-state index contributed by atoms with van der Waals surface area (Å²) in [7, 11) is 3.06. The van der Waals surface area contributed by atoms with E-state index in [1.54, 1.807) is 55.6 Å². The standard InChI is InChI=1S/C19H18N4O3/c1-20-16(24)11-12-7-3-6-10-15(12)21-18(25)17-13-8-4-5-9-14(13)19(26)23(2)22-17/h3-10H,11H2,1-2H3,(H,20,24)(H,21,25). The van der Waals surface area contributed by atoms with Crippen molar-refractivity contribution in [3.63, 3.8) is 0 Å². The molecule has 1 aromatic heterocycles. The Hall–Kier alpha value is -3.48. The van der Waals surface area contributed by atoms with Crippen molar-refractivity contribution < 1.29 is 9.59 Å². The third kappa shape index (κ3) is 3.32. The van der Waals surface area contributed by atoms with E-state index < -0.39 is 5.91 Å². The Morgan fingerprint density at radius 3 is 2.42 bits per heavy atom. The third-order valence-electron chi connectivity index (χ3n) is 4.07. The highest BCUT2D eigenvalue weighted by Crippen LogP contribution is 2.19. The van der Waals surface area contributed by atoms with Gasteiger partial charge in [-0.25, -0.2) is 4.68 Å². The van der Waals surface area contributed by atoms with Crippen LogP contribution in [0.15, 0.2) is 53.3 Å². The molecule has 0 saturated carbocycles. The number of likely N-dealkylation sites (N-methyl/N-ethyl adjacent to an activating group) is 1. The Morgan fingerprint density at radius 2 is 1.69 bits per heavy atom. The average molecular weight is 350 g/mol. The van der Waals surface area contributed by atoms with Gasteiger partial charge >= 0.3 is 0 Å². The molecule has 3 aromatic rings. The number of hydrogen-bond donors (Lipinski definition) is 2. The van der Waals surface area contributed by atoms with Gasteiger partial charge < -0.3 is 10.6 Å². The number of carbonyl (C=O) groups excluding carboxylic acids is 2. The fraction of sp³-hybridized carbons (Fsp3) is 0.158. The predicted octanol–water partition coefficient (Wildman–Crippen LogP) is 1.47. The minimum atomic E-state index is -0.443. The minimum Gasteiger partial charge on any atom is -0.359 e. The molecule has 2 aromatic carbocycles. The first-order valence-electron chi connectivity index (χ1n) is 8.07. The van der Waals surface area contributed by atoms with Crippen LogP contribution in [0.5, 0.6) is 0 Å². The SMILES string of the molecule is CNC(=O)Cc1ccccc1NC(=O)c1nn(C)c(=O)c2ccccc12. The van der Waals surface area contributed by atoms with Gasteiger partial charge in [-0.3, -0.25) is 14.4 Å². The lowest BCUT2D eigenvalue weighted by Gasteiger charge is -2.12. The van der Waals surface area contributed by atoms with Gasteiger partial charge in [-0.2, -0.15) is 5.10 Å². The van der Waals surface area contributed by atoms with Crippen LogP contribution in [-0.2, 0) is 18.3 Å². The molecular formula is C19H18N4O3. The Bertz CT molecular complexity index is 1060. The monoisotopic (exact) mass is 350 g/mol. The van der Waals surface area contributed by atoms with Gasteiger partial charge in [0.15, 0.2) is 5.69 Å². The van der Waals surface area contributed by atoms with Crippen molar-refractivity contribution in [2.45, 2.75) is 6.42 Å². The first-order chi connectivity index (χ1) is 12.5. The van der Waals surface area contributed by atoms with E-state index in [1.807, 2.05) is 0 Å². The zero-order valence-corrected chi connectivity index (χ0v) is 14.4. The lowest BCUT2D eigenvalue weighted by Crippen LogP contribution is -2.26. The molecule has 0 unspecified atom stereocenters. The van der Waals surface area contributed by atoms with Gasteiger partial charge in [-0.05, 0) is 17.7 Å². The number of fused-ring (bicyclic) bond motifs is 1. The maximum absolute atomic E-state index is 12.8. The Morgan fingerprint density at radius 1 is 1.04 bits per heavy atom. The number of nitrogens with one attached hydrogen (secondary N) is 2. The van der Waals surface area contributed by atoms with Crippen molar-refractivity contribution in [2.75, 3.05) is 12.4 Å². The molecule has 7 heteroatoms. The molecule has 0 atom stereocenters. The second-order valence-corrected chi connectivity index (χ2v) is 5.78. The summed E-state index contributed by atoms with van der Waals surface area (Å²) in [6.07, 6.45) is 0.147. The van der Waals surface area contributed by atoms with Crippen molar-refractivity contribution in [3.8, 4) is 0 Å². The van der Waals surface area contributed by atoms with Crippen molar-refractivity contribution in [3.05, 3.63) is 70.1 Å². The van der Waals surface area contributed by atoms with E-state index in [9.17, 15) is 14.4 Å². The summed E-state index contributed by atoms with van der Waals surface area (Å²) < 4.78 is 1.15. The van der Waals surface area contributed by atoms with Crippen LogP contribution in [0.25, 0.3) is 10.8 Å². The van der Waals surface area contributed by atoms with E-state index in [4.69, 9.17) is 0 Å². The molecule has 132 valence electrons. The van der Waals surface area contributed by atoms with Crippen molar-refractivity contribution >= 4 is 28.3 Å². The normalized spacial score (nSPS) is 10.5. The van der Waals surface area contributed by atoms with Crippen molar-refractivity contribution in [1.29, 1.82) is 0 Å². The number of amides is 2. The molecule has 0 fully saturated rings. The zero-order chi connectivity index (χ0) is 18.7. The molecular weight excluding hydrogens is 332 g/mol. The van der Waals surface area contributed by atoms with E-state index in [0.717, 1.165) is 4.68 Å². The van der Waals surface area contributed by atoms with Gasteiger partial charge in [0, 0.05) is 25.2 Å². The van der Waals surface area contributed by atoms with E-state index in [1.165, 1.54) is 7.05 Å². The topological polar surface area (TPSA) is 93.1 Å². The summed E-state index contributed by atoms with van der Waals surface area (Å²) in [4.78, 5) is 36.7. The summed E-state index contributed by atoms with van der Waals surface area (Å²) >= 11 is 0. The van der Waals surface area contributed by atoms with Crippen LogP contribution >= 0.6 is 0 Å².